The summed E-state index contributed by atoms with van der Waals surface area (Å²) in [5.41, 5.74) is 7.33. The molecule has 2 N–H and O–H groups in total. The van der Waals surface area contributed by atoms with Gasteiger partial charge < -0.3 is 5.73 Å². The summed E-state index contributed by atoms with van der Waals surface area (Å²) in [5, 5.41) is 0. The van der Waals surface area contributed by atoms with Crippen molar-refractivity contribution in [3.63, 3.8) is 0 Å². The molecule has 0 saturated carbocycles. The van der Waals surface area contributed by atoms with Crippen molar-refractivity contribution in [1.82, 2.24) is 0 Å². The predicted molar refractivity (Wildman–Crippen MR) is 72.8 cm³/mol. The summed E-state index contributed by atoms with van der Waals surface area (Å²) in [7, 11) is 0. The Hall–Kier alpha value is 0.140. The Labute approximate surface area is 109 Å². The van der Waals surface area contributed by atoms with Crippen LogP contribution in [0.25, 0.3) is 0 Å². The molecule has 0 bridgehead atoms. The maximum Gasteiger partial charge on any atom is 0.0295 e. The SMILES string of the molecule is CC(C)CC[C@H](N)c1cc(Br)cc(Br)c1. The molecule has 0 unspecified atom stereocenters. The molecule has 0 aliphatic carbocycles. The highest BCUT2D eigenvalue weighted by atomic mass is 79.9. The van der Waals surface area contributed by atoms with Gasteiger partial charge in [0.25, 0.3) is 0 Å². The molecule has 0 heterocycles. The third kappa shape index (κ3) is 4.66. The fourth-order valence-electron chi connectivity index (χ4n) is 1.47. The third-order valence-electron chi connectivity index (χ3n) is 2.37. The van der Waals surface area contributed by atoms with Crippen LogP contribution in [0.15, 0.2) is 27.1 Å². The van der Waals surface area contributed by atoms with Crippen LogP contribution in [0.1, 0.15) is 38.3 Å². The number of hydrogen-bond donors (Lipinski definition) is 1. The molecule has 84 valence electrons. The van der Waals surface area contributed by atoms with Crippen LogP contribution in [0, 0.1) is 5.92 Å². The second kappa shape index (κ2) is 6.02. The lowest BCUT2D eigenvalue weighted by molar-refractivity contribution is 0.507. The molecule has 0 amide bonds. The average Bonchev–Trinajstić information content (AvgIpc) is 2.12. The summed E-state index contributed by atoms with van der Waals surface area (Å²) in [5.74, 6) is 0.714. The Bertz CT molecular complexity index is 303. The Morgan fingerprint density at radius 3 is 2.07 bits per heavy atom. The lowest BCUT2D eigenvalue weighted by Gasteiger charge is -2.14. The number of hydrogen-bond acceptors (Lipinski definition) is 1. The van der Waals surface area contributed by atoms with Gasteiger partial charge >= 0.3 is 0 Å². The molecule has 0 aromatic heterocycles. The average molecular weight is 335 g/mol. The molecular formula is C12H17Br2N. The largest absolute Gasteiger partial charge is 0.324 e. The van der Waals surface area contributed by atoms with Gasteiger partial charge in [-0.15, -0.1) is 0 Å². The normalized spacial score (nSPS) is 13.2. The van der Waals surface area contributed by atoms with E-state index in [1.807, 2.05) is 6.07 Å². The van der Waals surface area contributed by atoms with Gasteiger partial charge in [0.05, 0.1) is 0 Å². The smallest absolute Gasteiger partial charge is 0.0295 e. The predicted octanol–water partition coefficient (Wildman–Crippen LogP) is 4.65. The molecule has 1 atom stereocenters. The van der Waals surface area contributed by atoms with E-state index in [2.05, 4.69) is 57.8 Å². The van der Waals surface area contributed by atoms with E-state index < -0.39 is 0 Å². The lowest BCUT2D eigenvalue weighted by atomic mass is 9.98. The molecule has 0 aliphatic rings. The minimum absolute atomic E-state index is 0.140. The van der Waals surface area contributed by atoms with E-state index in [4.69, 9.17) is 5.73 Å². The van der Waals surface area contributed by atoms with Crippen LogP contribution in [0.3, 0.4) is 0 Å². The molecule has 0 saturated heterocycles. The summed E-state index contributed by atoms with van der Waals surface area (Å²) in [6.45, 7) is 4.45. The monoisotopic (exact) mass is 333 g/mol. The van der Waals surface area contributed by atoms with Crippen molar-refractivity contribution in [2.24, 2.45) is 11.7 Å². The van der Waals surface area contributed by atoms with Crippen molar-refractivity contribution in [3.05, 3.63) is 32.7 Å². The third-order valence-corrected chi connectivity index (χ3v) is 3.28. The molecule has 15 heavy (non-hydrogen) atoms. The number of nitrogens with two attached hydrogens (primary N) is 1. The van der Waals surface area contributed by atoms with Gasteiger partial charge in [-0.05, 0) is 42.5 Å². The first-order valence-electron chi connectivity index (χ1n) is 5.20. The summed E-state index contributed by atoms with van der Waals surface area (Å²) < 4.78 is 2.15. The van der Waals surface area contributed by atoms with Crippen LogP contribution in [0.2, 0.25) is 0 Å². The Morgan fingerprint density at radius 2 is 1.60 bits per heavy atom. The first-order chi connectivity index (χ1) is 6.99. The van der Waals surface area contributed by atoms with E-state index >= 15 is 0 Å². The lowest BCUT2D eigenvalue weighted by Crippen LogP contribution is -2.11. The van der Waals surface area contributed by atoms with Crippen LogP contribution in [-0.2, 0) is 0 Å². The quantitative estimate of drug-likeness (QED) is 0.852. The van der Waals surface area contributed by atoms with E-state index in [0.717, 1.165) is 15.4 Å². The van der Waals surface area contributed by atoms with Gasteiger partial charge in [-0.1, -0.05) is 45.7 Å². The first kappa shape index (κ1) is 13.2. The minimum atomic E-state index is 0.140. The van der Waals surface area contributed by atoms with Crippen LogP contribution >= 0.6 is 31.9 Å². The van der Waals surface area contributed by atoms with Gasteiger partial charge in [0.1, 0.15) is 0 Å². The standard InChI is InChI=1S/C12H17Br2N/c1-8(2)3-4-12(15)9-5-10(13)7-11(14)6-9/h5-8,12H,3-4,15H2,1-2H3/t12-/m0/s1. The van der Waals surface area contributed by atoms with Crippen molar-refractivity contribution >= 4 is 31.9 Å². The van der Waals surface area contributed by atoms with E-state index in [1.54, 1.807) is 0 Å². The van der Waals surface area contributed by atoms with E-state index in [9.17, 15) is 0 Å². The van der Waals surface area contributed by atoms with Crippen molar-refractivity contribution in [1.29, 1.82) is 0 Å². The molecule has 1 rings (SSSR count). The van der Waals surface area contributed by atoms with Crippen LogP contribution in [0.5, 0.6) is 0 Å². The van der Waals surface area contributed by atoms with Crippen molar-refractivity contribution in [2.45, 2.75) is 32.7 Å². The van der Waals surface area contributed by atoms with Crippen LogP contribution in [0.4, 0.5) is 0 Å². The zero-order valence-corrected chi connectivity index (χ0v) is 12.3. The zero-order chi connectivity index (χ0) is 11.4. The zero-order valence-electron chi connectivity index (χ0n) is 9.13. The first-order valence-corrected chi connectivity index (χ1v) is 6.79. The topological polar surface area (TPSA) is 26.0 Å². The summed E-state index contributed by atoms with van der Waals surface area (Å²) in [4.78, 5) is 0. The second-order valence-corrected chi connectivity index (χ2v) is 6.11. The van der Waals surface area contributed by atoms with Gasteiger partial charge in [0.15, 0.2) is 0 Å². The van der Waals surface area contributed by atoms with Crippen molar-refractivity contribution in [2.75, 3.05) is 0 Å². The maximum absolute atomic E-state index is 6.14. The molecule has 1 aromatic carbocycles. The van der Waals surface area contributed by atoms with E-state index in [-0.39, 0.29) is 6.04 Å². The Kier molecular flexibility index (Phi) is 5.30. The summed E-state index contributed by atoms with van der Waals surface area (Å²) in [6, 6.07) is 6.35. The minimum Gasteiger partial charge on any atom is -0.324 e. The summed E-state index contributed by atoms with van der Waals surface area (Å²) in [6.07, 6.45) is 2.21. The molecule has 0 radical (unpaired) electrons. The fourth-order valence-corrected chi connectivity index (χ4v) is 2.80. The fraction of sp³-hybridized carbons (Fsp3) is 0.500. The van der Waals surface area contributed by atoms with E-state index in [0.29, 0.717) is 5.92 Å². The molecule has 0 aliphatic heterocycles. The molecule has 1 aromatic rings. The van der Waals surface area contributed by atoms with Crippen molar-refractivity contribution in [3.8, 4) is 0 Å². The number of halogens is 2. The highest BCUT2D eigenvalue weighted by molar-refractivity contribution is 9.11. The van der Waals surface area contributed by atoms with Gasteiger partial charge in [-0.2, -0.15) is 0 Å². The molecular weight excluding hydrogens is 318 g/mol. The van der Waals surface area contributed by atoms with Gasteiger partial charge in [0, 0.05) is 15.0 Å². The number of benzene rings is 1. The van der Waals surface area contributed by atoms with Gasteiger partial charge in [-0.3, -0.25) is 0 Å². The van der Waals surface area contributed by atoms with Crippen LogP contribution in [-0.4, -0.2) is 0 Å². The van der Waals surface area contributed by atoms with Gasteiger partial charge in [0.2, 0.25) is 0 Å². The van der Waals surface area contributed by atoms with E-state index in [1.165, 1.54) is 12.0 Å². The van der Waals surface area contributed by atoms with Crippen molar-refractivity contribution < 1.29 is 0 Å². The molecule has 0 spiro atoms. The Balaban J connectivity index is 2.68. The second-order valence-electron chi connectivity index (χ2n) is 4.28. The highest BCUT2D eigenvalue weighted by Crippen LogP contribution is 2.26. The Morgan fingerprint density at radius 1 is 1.07 bits per heavy atom. The molecule has 3 heteroatoms. The molecule has 0 fully saturated rings. The summed E-state index contributed by atoms with van der Waals surface area (Å²) >= 11 is 6.95. The number of rotatable bonds is 4. The molecule has 1 nitrogen and oxygen atoms in total. The highest BCUT2D eigenvalue weighted by Gasteiger charge is 2.08. The maximum atomic E-state index is 6.14. The van der Waals surface area contributed by atoms with Crippen LogP contribution < -0.4 is 5.73 Å². The van der Waals surface area contributed by atoms with Gasteiger partial charge in [-0.25, -0.2) is 0 Å².